The van der Waals surface area contributed by atoms with Crippen LogP contribution in [0.5, 0.6) is 5.75 Å². The standard InChI is InChI=1S/C19H27N5O3/c1-14-21-18(22-27-14)12-19(25)20-13-17(24-10-8-23(2)9-11-24)15-4-6-16(26-3)7-5-15/h4-7,17H,8-13H2,1-3H3,(H,20,25). The highest BCUT2D eigenvalue weighted by molar-refractivity contribution is 5.77. The van der Waals surface area contributed by atoms with Gasteiger partial charge in [-0.2, -0.15) is 4.98 Å². The number of aromatic nitrogens is 2. The molecule has 1 aromatic carbocycles. The van der Waals surface area contributed by atoms with Crippen LogP contribution in [-0.2, 0) is 11.2 Å². The van der Waals surface area contributed by atoms with Gasteiger partial charge < -0.3 is 19.5 Å². The van der Waals surface area contributed by atoms with Crippen molar-refractivity contribution in [1.82, 2.24) is 25.3 Å². The summed E-state index contributed by atoms with van der Waals surface area (Å²) in [6.07, 6.45) is 0.120. The molecule has 3 rings (SSSR count). The summed E-state index contributed by atoms with van der Waals surface area (Å²) in [5.74, 6) is 1.59. The highest BCUT2D eigenvalue weighted by Gasteiger charge is 2.24. The smallest absolute Gasteiger partial charge is 0.227 e. The number of benzene rings is 1. The Balaban J connectivity index is 1.66. The molecule has 8 heteroatoms. The van der Waals surface area contributed by atoms with E-state index in [0.717, 1.165) is 37.5 Å². The van der Waals surface area contributed by atoms with Crippen LogP contribution < -0.4 is 10.1 Å². The maximum absolute atomic E-state index is 12.3. The van der Waals surface area contributed by atoms with Gasteiger partial charge in [-0.25, -0.2) is 0 Å². The Morgan fingerprint density at radius 3 is 2.56 bits per heavy atom. The van der Waals surface area contributed by atoms with Crippen molar-refractivity contribution in [2.45, 2.75) is 19.4 Å². The van der Waals surface area contributed by atoms with Crippen molar-refractivity contribution in [1.29, 1.82) is 0 Å². The van der Waals surface area contributed by atoms with E-state index < -0.39 is 0 Å². The fraction of sp³-hybridized carbons (Fsp3) is 0.526. The van der Waals surface area contributed by atoms with Gasteiger partial charge in [-0.15, -0.1) is 0 Å². The Morgan fingerprint density at radius 2 is 1.96 bits per heavy atom. The van der Waals surface area contributed by atoms with Crippen LogP contribution in [0.1, 0.15) is 23.3 Å². The molecule has 1 atom stereocenters. The molecule has 1 unspecified atom stereocenters. The Labute approximate surface area is 159 Å². The Morgan fingerprint density at radius 1 is 1.26 bits per heavy atom. The van der Waals surface area contributed by atoms with Gasteiger partial charge in [0.25, 0.3) is 0 Å². The van der Waals surface area contributed by atoms with Crippen molar-refractivity contribution < 1.29 is 14.1 Å². The van der Waals surface area contributed by atoms with Gasteiger partial charge in [-0.05, 0) is 24.7 Å². The maximum atomic E-state index is 12.3. The zero-order valence-corrected chi connectivity index (χ0v) is 16.1. The first-order valence-corrected chi connectivity index (χ1v) is 9.17. The number of hydrogen-bond donors (Lipinski definition) is 1. The molecule has 1 saturated heterocycles. The third-order valence-electron chi connectivity index (χ3n) is 4.86. The number of nitrogens with one attached hydrogen (secondary N) is 1. The summed E-state index contributed by atoms with van der Waals surface area (Å²) < 4.78 is 10.2. The SMILES string of the molecule is COc1ccc(C(CNC(=O)Cc2noc(C)n2)N2CCN(C)CC2)cc1. The lowest BCUT2D eigenvalue weighted by atomic mass is 10.0. The number of amides is 1. The van der Waals surface area contributed by atoms with Crippen LogP contribution in [0.4, 0.5) is 0 Å². The predicted octanol–water partition coefficient (Wildman–Crippen LogP) is 1.03. The van der Waals surface area contributed by atoms with Gasteiger partial charge >= 0.3 is 0 Å². The molecular formula is C19H27N5O3. The number of piperazine rings is 1. The van der Waals surface area contributed by atoms with E-state index in [4.69, 9.17) is 9.26 Å². The molecule has 1 aromatic heterocycles. The highest BCUT2D eigenvalue weighted by Crippen LogP contribution is 2.24. The molecule has 8 nitrogen and oxygen atoms in total. The van der Waals surface area contributed by atoms with Crippen molar-refractivity contribution in [2.75, 3.05) is 46.9 Å². The number of hydrogen-bond acceptors (Lipinski definition) is 7. The molecule has 1 amide bonds. The second-order valence-electron chi connectivity index (χ2n) is 6.84. The minimum atomic E-state index is -0.108. The van der Waals surface area contributed by atoms with E-state index in [2.05, 4.69) is 44.4 Å². The van der Waals surface area contributed by atoms with E-state index in [1.54, 1.807) is 14.0 Å². The van der Waals surface area contributed by atoms with Crippen LogP contribution in [0.3, 0.4) is 0 Å². The summed E-state index contributed by atoms with van der Waals surface area (Å²) in [6.45, 7) is 6.21. The Kier molecular flexibility index (Phi) is 6.41. The van der Waals surface area contributed by atoms with E-state index in [0.29, 0.717) is 18.3 Å². The first-order valence-electron chi connectivity index (χ1n) is 9.17. The summed E-state index contributed by atoms with van der Waals surface area (Å²) in [4.78, 5) is 21.1. The monoisotopic (exact) mass is 373 g/mol. The first kappa shape index (κ1) is 19.3. The molecule has 0 spiro atoms. The van der Waals surface area contributed by atoms with Gasteiger partial charge in [0, 0.05) is 39.6 Å². The molecule has 0 aliphatic carbocycles. The van der Waals surface area contributed by atoms with E-state index >= 15 is 0 Å². The third-order valence-corrected chi connectivity index (χ3v) is 4.86. The average Bonchev–Trinajstić information content (AvgIpc) is 3.08. The van der Waals surface area contributed by atoms with Gasteiger partial charge in [-0.3, -0.25) is 9.69 Å². The second-order valence-corrected chi connectivity index (χ2v) is 6.84. The normalized spacial score (nSPS) is 16.9. The van der Waals surface area contributed by atoms with Gasteiger partial charge in [0.2, 0.25) is 11.8 Å². The minimum Gasteiger partial charge on any atom is -0.497 e. The zero-order valence-electron chi connectivity index (χ0n) is 16.1. The summed E-state index contributed by atoms with van der Waals surface area (Å²) in [6, 6.07) is 8.16. The lowest BCUT2D eigenvalue weighted by Crippen LogP contribution is -2.48. The number of carbonyl (C=O) groups excluding carboxylic acids is 1. The van der Waals surface area contributed by atoms with Crippen molar-refractivity contribution in [2.24, 2.45) is 0 Å². The predicted molar refractivity (Wildman–Crippen MR) is 101 cm³/mol. The molecule has 27 heavy (non-hydrogen) atoms. The van der Waals surface area contributed by atoms with E-state index in [9.17, 15) is 4.79 Å². The average molecular weight is 373 g/mol. The molecule has 1 aliphatic rings. The Hall–Kier alpha value is -2.45. The van der Waals surface area contributed by atoms with Gasteiger partial charge in [0.15, 0.2) is 5.82 Å². The highest BCUT2D eigenvalue weighted by atomic mass is 16.5. The van der Waals surface area contributed by atoms with Crippen LogP contribution >= 0.6 is 0 Å². The van der Waals surface area contributed by atoms with Gasteiger partial charge in [0.1, 0.15) is 5.75 Å². The number of nitrogens with zero attached hydrogens (tertiary/aromatic N) is 4. The molecule has 2 aromatic rings. The quantitative estimate of drug-likeness (QED) is 0.776. The van der Waals surface area contributed by atoms with E-state index in [1.807, 2.05) is 12.1 Å². The lowest BCUT2D eigenvalue weighted by molar-refractivity contribution is -0.120. The maximum Gasteiger partial charge on any atom is 0.227 e. The topological polar surface area (TPSA) is 83.7 Å². The molecule has 0 radical (unpaired) electrons. The first-order chi connectivity index (χ1) is 13.0. The molecule has 146 valence electrons. The number of likely N-dealkylation sites (N-methyl/N-ethyl adjacent to an activating group) is 1. The molecule has 1 fully saturated rings. The minimum absolute atomic E-state index is 0.108. The molecule has 0 saturated carbocycles. The van der Waals surface area contributed by atoms with Gasteiger partial charge in [0.05, 0.1) is 19.6 Å². The summed E-state index contributed by atoms with van der Waals surface area (Å²) in [5.41, 5.74) is 1.16. The molecule has 2 heterocycles. The Bertz CT molecular complexity index is 738. The molecule has 1 N–H and O–H groups in total. The molecule has 1 aliphatic heterocycles. The van der Waals surface area contributed by atoms with E-state index in [1.165, 1.54) is 0 Å². The lowest BCUT2D eigenvalue weighted by Gasteiger charge is -2.38. The number of carbonyl (C=O) groups is 1. The van der Waals surface area contributed by atoms with Gasteiger partial charge in [-0.1, -0.05) is 17.3 Å². The van der Waals surface area contributed by atoms with Crippen molar-refractivity contribution in [3.05, 3.63) is 41.5 Å². The number of methoxy groups -OCH3 is 1. The van der Waals surface area contributed by atoms with Crippen LogP contribution in [0.15, 0.2) is 28.8 Å². The van der Waals surface area contributed by atoms with Crippen LogP contribution in [0, 0.1) is 6.92 Å². The zero-order chi connectivity index (χ0) is 19.2. The third kappa shape index (κ3) is 5.27. The fourth-order valence-corrected chi connectivity index (χ4v) is 3.25. The summed E-state index contributed by atoms with van der Waals surface area (Å²) in [7, 11) is 3.79. The van der Waals surface area contributed by atoms with Crippen LogP contribution in [0.2, 0.25) is 0 Å². The summed E-state index contributed by atoms with van der Waals surface area (Å²) >= 11 is 0. The number of ether oxygens (including phenoxy) is 1. The second kappa shape index (κ2) is 8.96. The number of aryl methyl sites for hydroxylation is 1. The van der Waals surface area contributed by atoms with Crippen molar-refractivity contribution >= 4 is 5.91 Å². The fourth-order valence-electron chi connectivity index (χ4n) is 3.25. The molecular weight excluding hydrogens is 346 g/mol. The summed E-state index contributed by atoms with van der Waals surface area (Å²) in [5, 5.41) is 6.81. The van der Waals surface area contributed by atoms with Crippen molar-refractivity contribution in [3.8, 4) is 5.75 Å². The largest absolute Gasteiger partial charge is 0.497 e. The van der Waals surface area contributed by atoms with Crippen molar-refractivity contribution in [3.63, 3.8) is 0 Å². The van der Waals surface area contributed by atoms with Crippen LogP contribution in [0.25, 0.3) is 0 Å². The van der Waals surface area contributed by atoms with Crippen LogP contribution in [-0.4, -0.2) is 72.7 Å². The number of rotatable bonds is 7. The van der Waals surface area contributed by atoms with E-state index in [-0.39, 0.29) is 18.4 Å². The molecule has 0 bridgehead atoms.